The first kappa shape index (κ1) is 18.9. The van der Waals surface area contributed by atoms with Crippen molar-refractivity contribution in [2.75, 3.05) is 11.1 Å². The molecule has 10 heteroatoms. The molecule has 3 N–H and O–H groups in total. The van der Waals surface area contributed by atoms with Crippen LogP contribution in [0.5, 0.6) is 0 Å². The van der Waals surface area contributed by atoms with Crippen molar-refractivity contribution in [3.05, 3.63) is 63.4 Å². The number of thiazole rings is 1. The molecule has 0 aliphatic rings. The Morgan fingerprint density at radius 3 is 2.66 bits per heavy atom. The van der Waals surface area contributed by atoms with Crippen LogP contribution in [0.3, 0.4) is 0 Å². The molecular weight excluding hydrogens is 398 g/mol. The third-order valence-corrected chi connectivity index (χ3v) is 5.17. The third-order valence-electron chi connectivity index (χ3n) is 4.39. The summed E-state index contributed by atoms with van der Waals surface area (Å²) in [6.07, 6.45) is 1.60. The molecule has 0 amide bonds. The maximum atomic E-state index is 13.9. The number of nitrogens with one attached hydrogen (secondary N) is 1. The number of rotatable bonds is 5. The molecule has 3 aromatic heterocycles. The predicted octanol–water partition coefficient (Wildman–Crippen LogP) is 3.41. The number of halogens is 2. The second-order valence-electron chi connectivity index (χ2n) is 6.17. The van der Waals surface area contributed by atoms with Crippen molar-refractivity contribution in [1.82, 2.24) is 19.5 Å². The highest BCUT2D eigenvalue weighted by Crippen LogP contribution is 2.25. The Hall–Kier alpha value is -3.40. The van der Waals surface area contributed by atoms with E-state index in [1.54, 1.807) is 18.5 Å². The zero-order chi connectivity index (χ0) is 20.5. The van der Waals surface area contributed by atoms with E-state index in [4.69, 9.17) is 5.73 Å². The number of nitrogen functional groups attached to an aromatic ring is 1. The number of fused-ring (bicyclic) bond motifs is 1. The zero-order valence-corrected chi connectivity index (χ0v) is 16.1. The summed E-state index contributed by atoms with van der Waals surface area (Å²) in [6, 6.07) is 5.18. The third kappa shape index (κ3) is 3.42. The highest BCUT2D eigenvalue weighted by Gasteiger charge is 2.17. The lowest BCUT2D eigenvalue weighted by molar-refractivity contribution is 0.560. The first-order chi connectivity index (χ1) is 14.0. The van der Waals surface area contributed by atoms with E-state index < -0.39 is 11.6 Å². The molecule has 4 aromatic rings. The second-order valence-corrected chi connectivity index (χ2v) is 7.06. The van der Waals surface area contributed by atoms with Crippen molar-refractivity contribution in [1.29, 1.82) is 0 Å². The lowest BCUT2D eigenvalue weighted by Crippen LogP contribution is -2.24. The maximum absolute atomic E-state index is 13.9. The number of aromatic nitrogens is 4. The smallest absolute Gasteiger partial charge is 0.281 e. The van der Waals surface area contributed by atoms with Crippen LogP contribution in [0.15, 0.2) is 40.6 Å². The van der Waals surface area contributed by atoms with Gasteiger partial charge in [0.1, 0.15) is 28.0 Å². The zero-order valence-electron chi connectivity index (χ0n) is 15.3. The SMILES string of the molecule is CCn1c(=O)c(-c2nccs2)nc2c(N)cc(NCc3c(F)cccc3F)nc21. The van der Waals surface area contributed by atoms with Gasteiger partial charge < -0.3 is 11.1 Å². The molecule has 29 heavy (non-hydrogen) atoms. The van der Waals surface area contributed by atoms with Gasteiger partial charge in [0.25, 0.3) is 5.56 Å². The number of benzene rings is 1. The summed E-state index contributed by atoms with van der Waals surface area (Å²) in [5.74, 6) is -1.04. The van der Waals surface area contributed by atoms with Crippen LogP contribution in [-0.2, 0) is 13.1 Å². The molecule has 4 rings (SSSR count). The number of anilines is 2. The summed E-state index contributed by atoms with van der Waals surface area (Å²) in [4.78, 5) is 25.8. The highest BCUT2D eigenvalue weighted by molar-refractivity contribution is 7.13. The van der Waals surface area contributed by atoms with Gasteiger partial charge in [-0.2, -0.15) is 0 Å². The van der Waals surface area contributed by atoms with Crippen molar-refractivity contribution >= 4 is 34.0 Å². The van der Waals surface area contributed by atoms with Gasteiger partial charge in [-0.15, -0.1) is 11.3 Å². The van der Waals surface area contributed by atoms with Crippen molar-refractivity contribution < 1.29 is 8.78 Å². The van der Waals surface area contributed by atoms with Gasteiger partial charge in [-0.1, -0.05) is 6.07 Å². The highest BCUT2D eigenvalue weighted by atomic mass is 32.1. The van der Waals surface area contributed by atoms with Gasteiger partial charge in [0, 0.05) is 36.3 Å². The van der Waals surface area contributed by atoms with Crippen LogP contribution in [0.25, 0.3) is 21.9 Å². The van der Waals surface area contributed by atoms with E-state index in [1.165, 1.54) is 40.2 Å². The van der Waals surface area contributed by atoms with Crippen LogP contribution < -0.4 is 16.6 Å². The molecule has 0 fully saturated rings. The molecule has 0 saturated heterocycles. The Kier molecular flexibility index (Phi) is 4.93. The average molecular weight is 414 g/mol. The van der Waals surface area contributed by atoms with E-state index in [0.29, 0.717) is 17.1 Å². The molecule has 3 heterocycles. The number of nitrogens with zero attached hydrogens (tertiary/aromatic N) is 4. The van der Waals surface area contributed by atoms with Gasteiger partial charge in [-0.3, -0.25) is 9.36 Å². The lowest BCUT2D eigenvalue weighted by atomic mass is 10.2. The monoisotopic (exact) mass is 414 g/mol. The Morgan fingerprint density at radius 2 is 2.00 bits per heavy atom. The fraction of sp³-hybridized carbons (Fsp3) is 0.158. The Balaban J connectivity index is 1.79. The van der Waals surface area contributed by atoms with E-state index in [2.05, 4.69) is 20.3 Å². The molecule has 148 valence electrons. The predicted molar refractivity (Wildman–Crippen MR) is 109 cm³/mol. The molecule has 0 aliphatic carbocycles. The molecule has 0 aliphatic heterocycles. The fourth-order valence-electron chi connectivity index (χ4n) is 2.97. The standard InChI is InChI=1S/C19H16F2N6OS/c1-2-27-17-15(26-16(19(27)28)18-23-6-7-29-18)13(22)8-14(25-17)24-9-10-11(20)4-3-5-12(10)21/h3-8H,2,9H2,1H3,(H3,22,24,25). The minimum Gasteiger partial charge on any atom is -0.397 e. The van der Waals surface area contributed by atoms with E-state index >= 15 is 0 Å². The van der Waals surface area contributed by atoms with E-state index in [0.717, 1.165) is 0 Å². The molecule has 0 spiro atoms. The van der Waals surface area contributed by atoms with Gasteiger partial charge in [0.05, 0.1) is 5.69 Å². The number of nitrogens with two attached hydrogens (primary N) is 1. The van der Waals surface area contributed by atoms with Crippen LogP contribution >= 0.6 is 11.3 Å². The molecule has 7 nitrogen and oxygen atoms in total. The van der Waals surface area contributed by atoms with Crippen molar-refractivity contribution in [3.63, 3.8) is 0 Å². The van der Waals surface area contributed by atoms with Gasteiger partial charge in [-0.25, -0.2) is 23.7 Å². The summed E-state index contributed by atoms with van der Waals surface area (Å²) in [5.41, 5.74) is 6.85. The number of hydrogen-bond acceptors (Lipinski definition) is 7. The van der Waals surface area contributed by atoms with Crippen LogP contribution in [0.2, 0.25) is 0 Å². The normalized spacial score (nSPS) is 11.1. The fourth-order valence-corrected chi connectivity index (χ4v) is 3.59. The minimum absolute atomic E-state index is 0.113. The molecule has 0 unspecified atom stereocenters. The van der Waals surface area contributed by atoms with E-state index in [1.807, 2.05) is 0 Å². The molecular formula is C19H16F2N6OS. The molecule has 0 atom stereocenters. The summed E-state index contributed by atoms with van der Waals surface area (Å²) in [5, 5.41) is 5.12. The average Bonchev–Trinajstić information content (AvgIpc) is 3.22. The summed E-state index contributed by atoms with van der Waals surface area (Å²) < 4.78 is 29.1. The van der Waals surface area contributed by atoms with Crippen LogP contribution in [-0.4, -0.2) is 19.5 Å². The molecule has 0 saturated carbocycles. The lowest BCUT2D eigenvalue weighted by Gasteiger charge is -2.13. The topological polar surface area (TPSA) is 98.7 Å². The summed E-state index contributed by atoms with van der Waals surface area (Å²) in [6.45, 7) is 2.02. The van der Waals surface area contributed by atoms with Crippen LogP contribution in [0, 0.1) is 11.6 Å². The van der Waals surface area contributed by atoms with Crippen molar-refractivity contribution in [2.45, 2.75) is 20.0 Å². The summed E-state index contributed by atoms with van der Waals surface area (Å²) in [7, 11) is 0. The summed E-state index contributed by atoms with van der Waals surface area (Å²) >= 11 is 1.30. The quantitative estimate of drug-likeness (QED) is 0.519. The second kappa shape index (κ2) is 7.55. The van der Waals surface area contributed by atoms with Crippen molar-refractivity contribution in [3.8, 4) is 10.7 Å². The van der Waals surface area contributed by atoms with Crippen LogP contribution in [0.4, 0.5) is 20.3 Å². The van der Waals surface area contributed by atoms with Gasteiger partial charge in [0.2, 0.25) is 0 Å². The van der Waals surface area contributed by atoms with E-state index in [-0.39, 0.29) is 40.5 Å². The molecule has 0 bridgehead atoms. The Morgan fingerprint density at radius 1 is 1.24 bits per heavy atom. The first-order valence-corrected chi connectivity index (χ1v) is 9.65. The maximum Gasteiger partial charge on any atom is 0.281 e. The van der Waals surface area contributed by atoms with Gasteiger partial charge >= 0.3 is 0 Å². The first-order valence-electron chi connectivity index (χ1n) is 8.77. The number of pyridine rings is 1. The largest absolute Gasteiger partial charge is 0.397 e. The Labute approximate surface area is 167 Å². The van der Waals surface area contributed by atoms with Gasteiger partial charge in [0.15, 0.2) is 11.3 Å². The molecule has 0 radical (unpaired) electrons. The van der Waals surface area contributed by atoms with E-state index in [9.17, 15) is 13.6 Å². The van der Waals surface area contributed by atoms with Crippen LogP contribution in [0.1, 0.15) is 12.5 Å². The number of hydrogen-bond donors (Lipinski definition) is 2. The Bertz CT molecular complexity index is 1240. The minimum atomic E-state index is -0.661. The number of aryl methyl sites for hydroxylation is 1. The van der Waals surface area contributed by atoms with Gasteiger partial charge in [-0.05, 0) is 19.1 Å². The molecule has 1 aromatic carbocycles. The van der Waals surface area contributed by atoms with Crippen molar-refractivity contribution in [2.24, 2.45) is 0 Å².